The Kier molecular flexibility index (Phi) is 4.33. The molecule has 0 spiro atoms. The number of benzene rings is 1. The average Bonchev–Trinajstić information content (AvgIpc) is 2.83. The molecule has 1 aromatic rings. The smallest absolute Gasteiger partial charge is 0.251 e. The van der Waals surface area contributed by atoms with Crippen molar-refractivity contribution in [1.82, 2.24) is 10.6 Å². The van der Waals surface area contributed by atoms with Crippen molar-refractivity contribution < 1.29 is 9.53 Å². The van der Waals surface area contributed by atoms with Crippen LogP contribution in [0.5, 0.6) is 0 Å². The summed E-state index contributed by atoms with van der Waals surface area (Å²) in [5, 5.41) is 6.21. The van der Waals surface area contributed by atoms with Crippen LogP contribution in [0.4, 0.5) is 0 Å². The van der Waals surface area contributed by atoms with Gasteiger partial charge in [-0.25, -0.2) is 0 Å². The number of rotatable bonds is 5. The lowest BCUT2D eigenvalue weighted by Gasteiger charge is -2.14. The van der Waals surface area contributed by atoms with Gasteiger partial charge in [0.1, 0.15) is 0 Å². The van der Waals surface area contributed by atoms with Crippen molar-refractivity contribution in [2.75, 3.05) is 13.2 Å². The normalized spacial score (nSPS) is 15.2. The Bertz CT molecular complexity index is 432. The molecule has 98 valence electrons. The summed E-state index contributed by atoms with van der Waals surface area (Å²) in [6.07, 6.45) is 0. The van der Waals surface area contributed by atoms with Gasteiger partial charge in [0, 0.05) is 31.3 Å². The summed E-state index contributed by atoms with van der Waals surface area (Å²) in [6.45, 7) is 6.87. The number of amides is 1. The Morgan fingerprint density at radius 3 is 3.00 bits per heavy atom. The Morgan fingerprint density at radius 1 is 1.44 bits per heavy atom. The number of carbonyl (C=O) groups excluding carboxylic acids is 1. The fraction of sp³-hybridized carbons (Fsp3) is 0.500. The predicted octanol–water partition coefficient (Wildman–Crippen LogP) is 1.44. The third-order valence-electron chi connectivity index (χ3n) is 3.05. The second kappa shape index (κ2) is 5.98. The summed E-state index contributed by atoms with van der Waals surface area (Å²) in [4.78, 5) is 12.0. The standard InChI is InChI=1S/C14H20N2O2/c1-3-18-9-10(2)16-14(17)11-4-5-12-7-15-8-13(12)6-11/h4-6,10,15H,3,7-9H2,1-2H3,(H,16,17). The summed E-state index contributed by atoms with van der Waals surface area (Å²) < 4.78 is 5.28. The Labute approximate surface area is 108 Å². The Balaban J connectivity index is 1.96. The van der Waals surface area contributed by atoms with E-state index in [2.05, 4.69) is 10.6 Å². The van der Waals surface area contributed by atoms with Gasteiger partial charge in [0.05, 0.1) is 6.61 Å². The summed E-state index contributed by atoms with van der Waals surface area (Å²) in [6, 6.07) is 5.91. The number of carbonyl (C=O) groups is 1. The van der Waals surface area contributed by atoms with Gasteiger partial charge in [-0.2, -0.15) is 0 Å². The van der Waals surface area contributed by atoms with E-state index in [1.165, 1.54) is 11.1 Å². The van der Waals surface area contributed by atoms with Crippen LogP contribution in [0, 0.1) is 0 Å². The molecule has 1 unspecified atom stereocenters. The van der Waals surface area contributed by atoms with Crippen molar-refractivity contribution in [3.05, 3.63) is 34.9 Å². The van der Waals surface area contributed by atoms with E-state index in [0.29, 0.717) is 13.2 Å². The zero-order valence-electron chi connectivity index (χ0n) is 11.0. The van der Waals surface area contributed by atoms with Crippen molar-refractivity contribution in [2.24, 2.45) is 0 Å². The van der Waals surface area contributed by atoms with Gasteiger partial charge in [-0.1, -0.05) is 6.07 Å². The highest BCUT2D eigenvalue weighted by molar-refractivity contribution is 5.94. The Hall–Kier alpha value is -1.39. The van der Waals surface area contributed by atoms with Crippen LogP contribution in [0.2, 0.25) is 0 Å². The van der Waals surface area contributed by atoms with Gasteiger partial charge >= 0.3 is 0 Å². The van der Waals surface area contributed by atoms with Gasteiger partial charge < -0.3 is 15.4 Å². The highest BCUT2D eigenvalue weighted by Crippen LogP contribution is 2.17. The molecule has 1 atom stereocenters. The monoisotopic (exact) mass is 248 g/mol. The summed E-state index contributed by atoms with van der Waals surface area (Å²) in [5.74, 6) is -0.0306. The van der Waals surface area contributed by atoms with Crippen LogP contribution in [-0.4, -0.2) is 25.2 Å². The van der Waals surface area contributed by atoms with Gasteiger partial charge in [-0.05, 0) is 37.1 Å². The predicted molar refractivity (Wildman–Crippen MR) is 70.4 cm³/mol. The highest BCUT2D eigenvalue weighted by Gasteiger charge is 2.14. The SMILES string of the molecule is CCOCC(C)NC(=O)c1ccc2c(c1)CNC2. The molecule has 0 bridgehead atoms. The summed E-state index contributed by atoms with van der Waals surface area (Å²) in [5.41, 5.74) is 3.23. The number of hydrogen-bond donors (Lipinski definition) is 2. The average molecular weight is 248 g/mol. The summed E-state index contributed by atoms with van der Waals surface area (Å²) in [7, 11) is 0. The molecule has 1 aliphatic heterocycles. The molecule has 2 rings (SSSR count). The lowest BCUT2D eigenvalue weighted by molar-refractivity contribution is 0.0872. The fourth-order valence-corrected chi connectivity index (χ4v) is 2.08. The van der Waals surface area contributed by atoms with Gasteiger partial charge in [-0.15, -0.1) is 0 Å². The maximum absolute atomic E-state index is 12.0. The van der Waals surface area contributed by atoms with E-state index in [0.717, 1.165) is 18.7 Å². The minimum Gasteiger partial charge on any atom is -0.380 e. The van der Waals surface area contributed by atoms with Crippen LogP contribution in [-0.2, 0) is 17.8 Å². The molecule has 0 radical (unpaired) electrons. The highest BCUT2D eigenvalue weighted by atomic mass is 16.5. The van der Waals surface area contributed by atoms with Crippen LogP contribution in [0.1, 0.15) is 35.3 Å². The quantitative estimate of drug-likeness (QED) is 0.829. The van der Waals surface area contributed by atoms with Crippen molar-refractivity contribution in [1.29, 1.82) is 0 Å². The van der Waals surface area contributed by atoms with E-state index in [4.69, 9.17) is 4.74 Å². The van der Waals surface area contributed by atoms with Crippen molar-refractivity contribution >= 4 is 5.91 Å². The molecule has 4 nitrogen and oxygen atoms in total. The van der Waals surface area contributed by atoms with Crippen molar-refractivity contribution in [3.8, 4) is 0 Å². The lowest BCUT2D eigenvalue weighted by atomic mass is 10.1. The third kappa shape index (κ3) is 3.09. The molecule has 4 heteroatoms. The van der Waals surface area contributed by atoms with Crippen LogP contribution in [0.25, 0.3) is 0 Å². The van der Waals surface area contributed by atoms with Crippen LogP contribution in [0.15, 0.2) is 18.2 Å². The largest absolute Gasteiger partial charge is 0.380 e. The molecule has 1 amide bonds. The molecule has 1 aromatic carbocycles. The molecular weight excluding hydrogens is 228 g/mol. The number of fused-ring (bicyclic) bond motifs is 1. The van der Waals surface area contributed by atoms with Gasteiger partial charge in [0.25, 0.3) is 5.91 Å². The van der Waals surface area contributed by atoms with Gasteiger partial charge in [0.15, 0.2) is 0 Å². The van der Waals surface area contributed by atoms with Gasteiger partial charge in [-0.3, -0.25) is 4.79 Å². The molecule has 0 saturated carbocycles. The molecule has 0 aliphatic carbocycles. The van der Waals surface area contributed by atoms with Crippen LogP contribution in [0.3, 0.4) is 0 Å². The minimum atomic E-state index is -0.0306. The molecule has 1 heterocycles. The molecule has 0 saturated heterocycles. The van der Waals surface area contributed by atoms with Crippen molar-refractivity contribution in [2.45, 2.75) is 33.0 Å². The molecule has 2 N–H and O–H groups in total. The summed E-state index contributed by atoms with van der Waals surface area (Å²) >= 11 is 0. The second-order valence-electron chi connectivity index (χ2n) is 4.62. The first-order valence-electron chi connectivity index (χ1n) is 6.42. The van der Waals surface area contributed by atoms with E-state index < -0.39 is 0 Å². The first kappa shape index (κ1) is 13.1. The second-order valence-corrected chi connectivity index (χ2v) is 4.62. The molecule has 0 fully saturated rings. The lowest BCUT2D eigenvalue weighted by Crippen LogP contribution is -2.35. The van der Waals surface area contributed by atoms with E-state index in [9.17, 15) is 4.79 Å². The molecule has 0 aromatic heterocycles. The fourth-order valence-electron chi connectivity index (χ4n) is 2.08. The maximum Gasteiger partial charge on any atom is 0.251 e. The topological polar surface area (TPSA) is 50.4 Å². The molecule has 18 heavy (non-hydrogen) atoms. The Morgan fingerprint density at radius 2 is 2.22 bits per heavy atom. The van der Waals surface area contributed by atoms with E-state index >= 15 is 0 Å². The first-order valence-corrected chi connectivity index (χ1v) is 6.42. The maximum atomic E-state index is 12.0. The van der Waals surface area contributed by atoms with Gasteiger partial charge in [0.2, 0.25) is 0 Å². The zero-order valence-corrected chi connectivity index (χ0v) is 11.0. The van der Waals surface area contributed by atoms with E-state index in [1.807, 2.05) is 32.0 Å². The third-order valence-corrected chi connectivity index (χ3v) is 3.05. The number of hydrogen-bond acceptors (Lipinski definition) is 3. The van der Waals surface area contributed by atoms with E-state index in [1.54, 1.807) is 0 Å². The molecule has 1 aliphatic rings. The van der Waals surface area contributed by atoms with Crippen molar-refractivity contribution in [3.63, 3.8) is 0 Å². The van der Waals surface area contributed by atoms with Crippen LogP contribution < -0.4 is 10.6 Å². The number of ether oxygens (including phenoxy) is 1. The van der Waals surface area contributed by atoms with Crippen LogP contribution >= 0.6 is 0 Å². The number of nitrogens with one attached hydrogen (secondary N) is 2. The zero-order chi connectivity index (χ0) is 13.0. The van der Waals surface area contributed by atoms with E-state index in [-0.39, 0.29) is 11.9 Å². The minimum absolute atomic E-state index is 0.0306. The first-order chi connectivity index (χ1) is 8.70. The molecular formula is C14H20N2O2.